The van der Waals surface area contributed by atoms with E-state index in [1.165, 1.54) is 11.3 Å². The maximum atomic E-state index is 12.2. The topological polar surface area (TPSA) is 93.0 Å². The molecular formula is C21H20N4O3S. The molecule has 0 aliphatic heterocycles. The Kier molecular flexibility index (Phi) is 4.35. The predicted molar refractivity (Wildman–Crippen MR) is 109 cm³/mol. The van der Waals surface area contributed by atoms with Crippen LogP contribution in [0.4, 0.5) is 0 Å². The Bertz CT molecular complexity index is 1140. The predicted octanol–water partition coefficient (Wildman–Crippen LogP) is 4.27. The van der Waals surface area contributed by atoms with Gasteiger partial charge in [-0.05, 0) is 25.0 Å². The van der Waals surface area contributed by atoms with Gasteiger partial charge in [0, 0.05) is 39.5 Å². The number of carbonyl (C=O) groups is 1. The molecular weight excluding hydrogens is 388 g/mol. The third-order valence-electron chi connectivity index (χ3n) is 5.33. The lowest BCUT2D eigenvalue weighted by molar-refractivity contribution is -0.125. The minimum absolute atomic E-state index is 0.116. The molecule has 1 amide bonds. The van der Waals surface area contributed by atoms with Crippen LogP contribution in [0.1, 0.15) is 31.2 Å². The summed E-state index contributed by atoms with van der Waals surface area (Å²) in [5.41, 5.74) is 5.18. The molecule has 8 heteroatoms. The molecule has 2 N–H and O–H groups in total. The number of nitrogens with one attached hydrogen (secondary N) is 2. The Balaban J connectivity index is 1.42. The Labute approximate surface area is 171 Å². The summed E-state index contributed by atoms with van der Waals surface area (Å²) in [6, 6.07) is 7.80. The highest BCUT2D eigenvalue weighted by Crippen LogP contribution is 2.45. The van der Waals surface area contributed by atoms with Crippen LogP contribution in [0, 0.1) is 5.41 Å². The van der Waals surface area contributed by atoms with Crippen molar-refractivity contribution in [3.05, 3.63) is 52.7 Å². The zero-order chi connectivity index (χ0) is 19.8. The number of aromatic nitrogens is 3. The average molecular weight is 408 g/mol. The largest absolute Gasteiger partial charge is 0.486 e. The first-order chi connectivity index (χ1) is 14.1. The maximum absolute atomic E-state index is 12.2. The van der Waals surface area contributed by atoms with Crippen LogP contribution < -0.4 is 10.1 Å². The van der Waals surface area contributed by atoms with Crippen molar-refractivity contribution < 1.29 is 14.1 Å². The number of thiazole rings is 1. The van der Waals surface area contributed by atoms with Crippen LogP contribution in [0.15, 0.2) is 45.9 Å². The lowest BCUT2D eigenvalue weighted by Gasteiger charge is -2.09. The lowest BCUT2D eigenvalue weighted by atomic mass is 10.1. The summed E-state index contributed by atoms with van der Waals surface area (Å²) in [4.78, 5) is 19.8. The van der Waals surface area contributed by atoms with Gasteiger partial charge in [-0.15, -0.1) is 11.3 Å². The molecule has 3 aromatic heterocycles. The van der Waals surface area contributed by atoms with Crippen molar-refractivity contribution in [3.8, 4) is 17.1 Å². The van der Waals surface area contributed by atoms with Crippen LogP contribution in [-0.4, -0.2) is 21.0 Å². The lowest BCUT2D eigenvalue weighted by Crippen LogP contribution is -2.29. The molecule has 3 heterocycles. The molecule has 4 aromatic rings. The second-order valence-corrected chi connectivity index (χ2v) is 8.34. The highest BCUT2D eigenvalue weighted by Gasteiger charge is 2.44. The van der Waals surface area contributed by atoms with E-state index in [0.29, 0.717) is 24.7 Å². The first kappa shape index (κ1) is 17.9. The number of ether oxygens (including phenoxy) is 1. The van der Waals surface area contributed by atoms with Crippen LogP contribution in [0.5, 0.6) is 5.75 Å². The fourth-order valence-corrected chi connectivity index (χ4v) is 3.79. The number of benzene rings is 1. The van der Waals surface area contributed by atoms with E-state index in [4.69, 9.17) is 9.26 Å². The normalized spacial score (nSPS) is 14.8. The van der Waals surface area contributed by atoms with E-state index in [-0.39, 0.29) is 11.3 Å². The molecule has 1 aliphatic carbocycles. The van der Waals surface area contributed by atoms with Gasteiger partial charge in [-0.25, -0.2) is 4.98 Å². The number of hydrogen-bond donors (Lipinski definition) is 2. The van der Waals surface area contributed by atoms with Crippen molar-refractivity contribution in [1.82, 2.24) is 20.4 Å². The Morgan fingerprint density at radius 1 is 1.38 bits per heavy atom. The zero-order valence-electron chi connectivity index (χ0n) is 15.9. The molecule has 0 spiro atoms. The number of amides is 1. The number of rotatable bonds is 7. The van der Waals surface area contributed by atoms with E-state index in [1.54, 1.807) is 17.8 Å². The van der Waals surface area contributed by atoms with Gasteiger partial charge in [0.15, 0.2) is 5.76 Å². The molecule has 0 saturated heterocycles. The van der Waals surface area contributed by atoms with Crippen molar-refractivity contribution in [1.29, 1.82) is 0 Å². The molecule has 1 aliphatic rings. The minimum atomic E-state index is -0.178. The Hall–Kier alpha value is -3.13. The molecule has 0 atom stereocenters. The summed E-state index contributed by atoms with van der Waals surface area (Å²) in [6.07, 6.45) is 3.54. The first-order valence-electron chi connectivity index (χ1n) is 9.46. The zero-order valence-corrected chi connectivity index (χ0v) is 16.7. The van der Waals surface area contributed by atoms with Crippen LogP contribution in [0.3, 0.4) is 0 Å². The van der Waals surface area contributed by atoms with Gasteiger partial charge < -0.3 is 19.6 Å². The van der Waals surface area contributed by atoms with E-state index in [1.807, 2.05) is 30.5 Å². The summed E-state index contributed by atoms with van der Waals surface area (Å²) in [5.74, 6) is 1.44. The van der Waals surface area contributed by atoms with Crippen LogP contribution in [-0.2, 0) is 17.9 Å². The van der Waals surface area contributed by atoms with Gasteiger partial charge in [0.25, 0.3) is 0 Å². The molecule has 0 radical (unpaired) electrons. The summed E-state index contributed by atoms with van der Waals surface area (Å²) in [6.45, 7) is 2.84. The van der Waals surface area contributed by atoms with E-state index in [9.17, 15) is 4.79 Å². The fourth-order valence-electron chi connectivity index (χ4n) is 3.25. The molecule has 1 fully saturated rings. The number of fused-ring (bicyclic) bond motifs is 1. The average Bonchev–Trinajstić information content (AvgIpc) is 3.20. The van der Waals surface area contributed by atoms with Crippen LogP contribution >= 0.6 is 11.3 Å². The molecule has 5 rings (SSSR count). The van der Waals surface area contributed by atoms with E-state index >= 15 is 0 Å². The van der Waals surface area contributed by atoms with Gasteiger partial charge in [-0.2, -0.15) is 0 Å². The monoisotopic (exact) mass is 408 g/mol. The number of carbonyl (C=O) groups excluding carboxylic acids is 1. The third-order valence-corrected chi connectivity index (χ3v) is 5.96. The van der Waals surface area contributed by atoms with Crippen molar-refractivity contribution in [2.24, 2.45) is 5.41 Å². The van der Waals surface area contributed by atoms with Gasteiger partial charge in [-0.3, -0.25) is 4.79 Å². The molecule has 1 saturated carbocycles. The van der Waals surface area contributed by atoms with E-state index in [0.717, 1.165) is 40.7 Å². The highest BCUT2D eigenvalue weighted by atomic mass is 32.1. The van der Waals surface area contributed by atoms with Crippen molar-refractivity contribution >= 4 is 28.1 Å². The summed E-state index contributed by atoms with van der Waals surface area (Å²) in [5, 5.41) is 9.82. The number of H-pyrrole nitrogens is 1. The van der Waals surface area contributed by atoms with E-state index < -0.39 is 0 Å². The molecule has 0 bridgehead atoms. The van der Waals surface area contributed by atoms with Crippen molar-refractivity contribution in [3.63, 3.8) is 0 Å². The van der Waals surface area contributed by atoms with Crippen molar-refractivity contribution in [2.75, 3.05) is 0 Å². The minimum Gasteiger partial charge on any atom is -0.486 e. The van der Waals surface area contributed by atoms with Crippen LogP contribution in [0.2, 0.25) is 0 Å². The SMILES string of the molecule is CC1(C(=O)NCc2cc3cc(-c4ccno4)c(OCc4cscn4)cc3[nH]2)CC1. The van der Waals surface area contributed by atoms with Gasteiger partial charge in [0.05, 0.1) is 29.5 Å². The number of aromatic amines is 1. The standard InChI is InChI=1S/C21H20N4O3S/c1-21(3-4-21)20(26)22-9-14-6-13-7-16(18-2-5-24-28-18)19(8-17(13)25-14)27-10-15-11-29-12-23-15/h2,5-8,11-12,25H,3-4,9-10H2,1H3,(H,22,26). The molecule has 7 nitrogen and oxygen atoms in total. The maximum Gasteiger partial charge on any atom is 0.226 e. The van der Waals surface area contributed by atoms with Gasteiger partial charge in [0.1, 0.15) is 12.4 Å². The van der Waals surface area contributed by atoms with Gasteiger partial charge >= 0.3 is 0 Å². The number of hydrogen-bond acceptors (Lipinski definition) is 6. The summed E-state index contributed by atoms with van der Waals surface area (Å²) < 4.78 is 11.4. The Morgan fingerprint density at radius 3 is 3.00 bits per heavy atom. The second kappa shape index (κ2) is 7.04. The van der Waals surface area contributed by atoms with E-state index in [2.05, 4.69) is 20.4 Å². The summed E-state index contributed by atoms with van der Waals surface area (Å²) >= 11 is 1.54. The van der Waals surface area contributed by atoms with Gasteiger partial charge in [0.2, 0.25) is 5.91 Å². The molecule has 1 aromatic carbocycles. The second-order valence-electron chi connectivity index (χ2n) is 7.62. The quantitative estimate of drug-likeness (QED) is 0.476. The Morgan fingerprint density at radius 2 is 2.28 bits per heavy atom. The third kappa shape index (κ3) is 3.63. The molecule has 0 unspecified atom stereocenters. The van der Waals surface area contributed by atoms with Crippen LogP contribution in [0.25, 0.3) is 22.2 Å². The van der Waals surface area contributed by atoms with Gasteiger partial charge in [-0.1, -0.05) is 12.1 Å². The molecule has 29 heavy (non-hydrogen) atoms. The van der Waals surface area contributed by atoms with Crippen molar-refractivity contribution in [2.45, 2.75) is 32.9 Å². The highest BCUT2D eigenvalue weighted by molar-refractivity contribution is 7.07. The number of nitrogens with zero attached hydrogens (tertiary/aromatic N) is 2. The fraction of sp³-hybridized carbons (Fsp3) is 0.286. The smallest absolute Gasteiger partial charge is 0.226 e. The molecule has 148 valence electrons. The first-order valence-corrected chi connectivity index (χ1v) is 10.4. The summed E-state index contributed by atoms with van der Waals surface area (Å²) in [7, 11) is 0.